The van der Waals surface area contributed by atoms with Gasteiger partial charge in [0.05, 0.1) is 23.3 Å². The molecule has 2 aromatic heterocycles. The lowest BCUT2D eigenvalue weighted by molar-refractivity contribution is 0.0950. The number of amides is 1. The lowest BCUT2D eigenvalue weighted by atomic mass is 10.2. The van der Waals surface area contributed by atoms with Gasteiger partial charge in [0.1, 0.15) is 11.4 Å². The third-order valence-corrected chi connectivity index (χ3v) is 4.72. The highest BCUT2D eigenvalue weighted by Gasteiger charge is 2.08. The van der Waals surface area contributed by atoms with Crippen LogP contribution in [0.15, 0.2) is 40.5 Å². The SMILES string of the molecule is COc1ccc(-c2csc(CCNC(=O)c3cscn3)n2)cc1. The molecule has 3 aromatic rings. The number of carbonyl (C=O) groups is 1. The van der Waals surface area contributed by atoms with Gasteiger partial charge < -0.3 is 10.1 Å². The molecule has 0 aliphatic rings. The highest BCUT2D eigenvalue weighted by atomic mass is 32.1. The van der Waals surface area contributed by atoms with Gasteiger partial charge >= 0.3 is 0 Å². The first kappa shape index (κ1) is 15.6. The fourth-order valence-corrected chi connectivity index (χ4v) is 3.36. The number of benzene rings is 1. The fourth-order valence-electron chi connectivity index (χ4n) is 2.02. The Hall–Kier alpha value is -2.25. The minimum absolute atomic E-state index is 0.141. The maximum atomic E-state index is 11.8. The van der Waals surface area contributed by atoms with E-state index in [9.17, 15) is 4.79 Å². The molecule has 0 aliphatic heterocycles. The van der Waals surface area contributed by atoms with Crippen LogP contribution in [-0.4, -0.2) is 29.5 Å². The monoisotopic (exact) mass is 345 g/mol. The Bertz CT molecular complexity index is 767. The zero-order valence-electron chi connectivity index (χ0n) is 12.5. The summed E-state index contributed by atoms with van der Waals surface area (Å²) in [4.78, 5) is 20.4. The fraction of sp³-hybridized carbons (Fsp3) is 0.188. The summed E-state index contributed by atoms with van der Waals surface area (Å²) >= 11 is 3.01. The molecule has 1 N–H and O–H groups in total. The highest BCUT2D eigenvalue weighted by Crippen LogP contribution is 2.24. The van der Waals surface area contributed by atoms with Crippen molar-refractivity contribution in [2.24, 2.45) is 0 Å². The number of hydrogen-bond acceptors (Lipinski definition) is 6. The number of ether oxygens (including phenoxy) is 1. The summed E-state index contributed by atoms with van der Waals surface area (Å²) in [5.74, 6) is 0.687. The minimum atomic E-state index is -0.141. The van der Waals surface area contributed by atoms with Crippen molar-refractivity contribution < 1.29 is 9.53 Å². The van der Waals surface area contributed by atoms with E-state index in [1.807, 2.05) is 29.6 Å². The molecular formula is C16H15N3O2S2. The molecule has 0 bridgehead atoms. The van der Waals surface area contributed by atoms with E-state index in [-0.39, 0.29) is 5.91 Å². The molecule has 118 valence electrons. The second-order valence-corrected chi connectivity index (χ2v) is 6.40. The average Bonchev–Trinajstić information content (AvgIpc) is 3.27. The van der Waals surface area contributed by atoms with Crippen LogP contribution in [0.5, 0.6) is 5.75 Å². The van der Waals surface area contributed by atoms with Crippen LogP contribution < -0.4 is 10.1 Å². The third kappa shape index (κ3) is 3.94. The van der Waals surface area contributed by atoms with Crippen molar-refractivity contribution in [3.63, 3.8) is 0 Å². The molecule has 0 spiro atoms. The van der Waals surface area contributed by atoms with Gasteiger partial charge in [-0.05, 0) is 24.3 Å². The second kappa shape index (κ2) is 7.34. The Morgan fingerprint density at radius 3 is 2.78 bits per heavy atom. The largest absolute Gasteiger partial charge is 0.497 e. The Balaban J connectivity index is 1.55. The smallest absolute Gasteiger partial charge is 0.270 e. The van der Waals surface area contributed by atoms with Crippen molar-refractivity contribution in [2.75, 3.05) is 13.7 Å². The van der Waals surface area contributed by atoms with Crippen LogP contribution in [0.25, 0.3) is 11.3 Å². The lowest BCUT2D eigenvalue weighted by Crippen LogP contribution is -2.25. The van der Waals surface area contributed by atoms with E-state index in [4.69, 9.17) is 4.74 Å². The molecule has 3 rings (SSSR count). The first-order valence-corrected chi connectivity index (χ1v) is 8.84. The van der Waals surface area contributed by atoms with Crippen LogP contribution in [0.3, 0.4) is 0 Å². The molecule has 0 saturated carbocycles. The van der Waals surface area contributed by atoms with Gasteiger partial charge in [-0.2, -0.15) is 0 Å². The summed E-state index contributed by atoms with van der Waals surface area (Å²) < 4.78 is 5.15. The number of methoxy groups -OCH3 is 1. The van der Waals surface area contributed by atoms with Crippen LogP contribution in [-0.2, 0) is 6.42 Å². The zero-order chi connectivity index (χ0) is 16.1. The van der Waals surface area contributed by atoms with Gasteiger partial charge in [-0.3, -0.25) is 4.79 Å². The lowest BCUT2D eigenvalue weighted by Gasteiger charge is -2.01. The van der Waals surface area contributed by atoms with Gasteiger partial charge in [-0.25, -0.2) is 9.97 Å². The molecule has 1 amide bonds. The van der Waals surface area contributed by atoms with Crippen molar-refractivity contribution in [3.05, 3.63) is 51.2 Å². The maximum Gasteiger partial charge on any atom is 0.270 e. The number of carbonyl (C=O) groups excluding carboxylic acids is 1. The quantitative estimate of drug-likeness (QED) is 0.745. The summed E-state index contributed by atoms with van der Waals surface area (Å²) in [6, 6.07) is 7.81. The summed E-state index contributed by atoms with van der Waals surface area (Å²) in [5, 5.41) is 7.61. The normalized spacial score (nSPS) is 10.5. The summed E-state index contributed by atoms with van der Waals surface area (Å²) in [7, 11) is 1.65. The van der Waals surface area contributed by atoms with Gasteiger partial charge in [0, 0.05) is 29.3 Å². The highest BCUT2D eigenvalue weighted by molar-refractivity contribution is 7.10. The van der Waals surface area contributed by atoms with E-state index in [0.29, 0.717) is 18.7 Å². The topological polar surface area (TPSA) is 64.1 Å². The molecule has 7 heteroatoms. The van der Waals surface area contributed by atoms with E-state index >= 15 is 0 Å². The first-order valence-electron chi connectivity index (χ1n) is 7.01. The zero-order valence-corrected chi connectivity index (χ0v) is 14.1. The predicted molar refractivity (Wildman–Crippen MR) is 92.3 cm³/mol. The van der Waals surface area contributed by atoms with Gasteiger partial charge in [0.25, 0.3) is 5.91 Å². The Morgan fingerprint density at radius 1 is 1.26 bits per heavy atom. The Kier molecular flexibility index (Phi) is 4.99. The van der Waals surface area contributed by atoms with E-state index in [1.54, 1.807) is 29.3 Å². The Labute approximate surface area is 142 Å². The molecule has 0 atom stereocenters. The van der Waals surface area contributed by atoms with Crippen LogP contribution in [0.1, 0.15) is 15.5 Å². The number of thiazole rings is 2. The number of aromatic nitrogens is 2. The second-order valence-electron chi connectivity index (χ2n) is 4.73. The molecule has 0 fully saturated rings. The van der Waals surface area contributed by atoms with Crippen molar-refractivity contribution in [1.82, 2.24) is 15.3 Å². The number of rotatable bonds is 6. The van der Waals surface area contributed by atoms with E-state index in [0.717, 1.165) is 22.0 Å². The van der Waals surface area contributed by atoms with Crippen molar-refractivity contribution in [2.45, 2.75) is 6.42 Å². The molecule has 23 heavy (non-hydrogen) atoms. The molecule has 0 radical (unpaired) electrons. The van der Waals surface area contributed by atoms with Crippen LogP contribution >= 0.6 is 22.7 Å². The Morgan fingerprint density at radius 2 is 2.09 bits per heavy atom. The third-order valence-electron chi connectivity index (χ3n) is 3.23. The molecule has 2 heterocycles. The molecular weight excluding hydrogens is 330 g/mol. The maximum absolute atomic E-state index is 11.8. The molecule has 0 aliphatic carbocycles. The molecule has 5 nitrogen and oxygen atoms in total. The number of nitrogens with one attached hydrogen (secondary N) is 1. The van der Waals surface area contributed by atoms with Crippen LogP contribution in [0, 0.1) is 0 Å². The van der Waals surface area contributed by atoms with Gasteiger partial charge in [0.15, 0.2) is 0 Å². The summed E-state index contributed by atoms with van der Waals surface area (Å²) in [5.41, 5.74) is 4.11. The summed E-state index contributed by atoms with van der Waals surface area (Å²) in [6.45, 7) is 0.548. The van der Waals surface area contributed by atoms with Gasteiger partial charge in [0.2, 0.25) is 0 Å². The van der Waals surface area contributed by atoms with E-state index in [1.165, 1.54) is 11.3 Å². The van der Waals surface area contributed by atoms with E-state index in [2.05, 4.69) is 15.3 Å². The van der Waals surface area contributed by atoms with Crippen molar-refractivity contribution in [1.29, 1.82) is 0 Å². The van der Waals surface area contributed by atoms with Gasteiger partial charge in [-0.1, -0.05) is 0 Å². The van der Waals surface area contributed by atoms with Gasteiger partial charge in [-0.15, -0.1) is 22.7 Å². The standard InChI is InChI=1S/C16H15N3O2S2/c1-21-12-4-2-11(3-5-12)13-9-23-15(19-13)6-7-17-16(20)14-8-22-10-18-14/h2-5,8-10H,6-7H2,1H3,(H,17,20). The first-order chi connectivity index (χ1) is 11.3. The van der Waals surface area contributed by atoms with Crippen molar-refractivity contribution in [3.8, 4) is 17.0 Å². The number of hydrogen-bond donors (Lipinski definition) is 1. The molecule has 0 saturated heterocycles. The summed E-state index contributed by atoms with van der Waals surface area (Å²) in [6.07, 6.45) is 0.705. The van der Waals surface area contributed by atoms with Crippen LogP contribution in [0.2, 0.25) is 0 Å². The predicted octanol–water partition coefficient (Wildman–Crippen LogP) is 3.25. The number of nitrogens with zero attached hydrogens (tertiary/aromatic N) is 2. The van der Waals surface area contributed by atoms with Crippen LogP contribution in [0.4, 0.5) is 0 Å². The van der Waals surface area contributed by atoms with Crippen molar-refractivity contribution >= 4 is 28.6 Å². The molecule has 0 unspecified atom stereocenters. The molecule has 1 aromatic carbocycles. The average molecular weight is 345 g/mol. The van der Waals surface area contributed by atoms with E-state index < -0.39 is 0 Å². The minimum Gasteiger partial charge on any atom is -0.497 e.